The highest BCUT2D eigenvalue weighted by Gasteiger charge is 2.43. The minimum absolute atomic E-state index is 0.248. The Balaban J connectivity index is 1.65. The van der Waals surface area contributed by atoms with Crippen LogP contribution in [0.4, 0.5) is 5.69 Å². The Kier molecular flexibility index (Phi) is 9.74. The number of amides is 1. The van der Waals surface area contributed by atoms with Gasteiger partial charge in [0.1, 0.15) is 5.75 Å². The normalized spacial score (nSPS) is 17.6. The van der Waals surface area contributed by atoms with E-state index in [0.717, 1.165) is 35.7 Å². The van der Waals surface area contributed by atoms with Crippen molar-refractivity contribution in [3.05, 3.63) is 107 Å². The highest BCUT2D eigenvalue weighted by atomic mass is 16.7. The van der Waals surface area contributed by atoms with Crippen molar-refractivity contribution >= 4 is 17.8 Å². The van der Waals surface area contributed by atoms with E-state index in [1.165, 1.54) is 11.1 Å². The van der Waals surface area contributed by atoms with E-state index in [2.05, 4.69) is 65.7 Å². The number of rotatable bonds is 12. The van der Waals surface area contributed by atoms with Gasteiger partial charge in [-0.3, -0.25) is 4.79 Å². The summed E-state index contributed by atoms with van der Waals surface area (Å²) < 4.78 is 17.2. The van der Waals surface area contributed by atoms with E-state index in [9.17, 15) is 4.79 Å². The third-order valence-corrected chi connectivity index (χ3v) is 7.22. The van der Waals surface area contributed by atoms with Gasteiger partial charge in [0, 0.05) is 53.9 Å². The van der Waals surface area contributed by atoms with Crippen molar-refractivity contribution in [2.75, 3.05) is 31.8 Å². The van der Waals surface area contributed by atoms with Crippen LogP contribution < -0.4 is 15.1 Å². The Bertz CT molecular complexity index is 1330. The van der Waals surface area contributed by atoms with E-state index < -0.39 is 0 Å². The zero-order chi connectivity index (χ0) is 28.5. The topological polar surface area (TPSA) is 72.4 Å². The van der Waals surface area contributed by atoms with Crippen molar-refractivity contribution in [3.63, 3.8) is 0 Å². The fourth-order valence-corrected chi connectivity index (χ4v) is 5.29. The standard InChI is InChI=1S/C33H39N3O4/c1-6-36-29-19-18-27(38-5)22-28(29)33(4,23-24-14-16-26(17-15-24)32(39-7-2)40-8-3)30(36)20-21-34-35-31(37)25-12-10-9-11-13-25/h9-22,32H,6-8,23H2,1-5H3,(H,35,37)/b30-20-,34-21+. The van der Waals surface area contributed by atoms with Gasteiger partial charge in [-0.1, -0.05) is 42.5 Å². The lowest BCUT2D eigenvalue weighted by molar-refractivity contribution is -0.140. The molecular formula is C33H39N3O4. The SMILES string of the molecule is CCOC(OCC)c1ccc(CC2(C)/C(=C/C=N/NC(=O)c3ccccc3)N(CC)c3ccc(OC)cc32)cc1. The molecule has 3 aromatic rings. The van der Waals surface area contributed by atoms with Gasteiger partial charge in [0.15, 0.2) is 6.29 Å². The Labute approximate surface area is 237 Å². The van der Waals surface area contributed by atoms with E-state index in [1.54, 1.807) is 25.5 Å². The lowest BCUT2D eigenvalue weighted by Gasteiger charge is -2.30. The molecule has 0 radical (unpaired) electrons. The summed E-state index contributed by atoms with van der Waals surface area (Å²) >= 11 is 0. The van der Waals surface area contributed by atoms with Crippen LogP contribution in [0.5, 0.6) is 5.75 Å². The van der Waals surface area contributed by atoms with Crippen molar-refractivity contribution in [1.29, 1.82) is 0 Å². The summed E-state index contributed by atoms with van der Waals surface area (Å²) in [6, 6.07) is 23.7. The first-order valence-electron chi connectivity index (χ1n) is 13.8. The first-order valence-corrected chi connectivity index (χ1v) is 13.8. The van der Waals surface area contributed by atoms with Gasteiger partial charge in [0.05, 0.1) is 7.11 Å². The molecule has 0 saturated carbocycles. The molecule has 0 spiro atoms. The minimum atomic E-state index is -0.371. The number of hydrogen-bond donors (Lipinski definition) is 1. The number of carbonyl (C=O) groups excluding carboxylic acids is 1. The average Bonchev–Trinajstić information content (AvgIpc) is 3.21. The number of carbonyl (C=O) groups is 1. The summed E-state index contributed by atoms with van der Waals surface area (Å²) in [7, 11) is 1.69. The number of likely N-dealkylation sites (N-methyl/N-ethyl adjacent to an activating group) is 1. The van der Waals surface area contributed by atoms with Crippen molar-refractivity contribution in [2.45, 2.75) is 45.8 Å². The summed E-state index contributed by atoms with van der Waals surface area (Å²) in [6.45, 7) is 10.3. The molecule has 0 bridgehead atoms. The summed E-state index contributed by atoms with van der Waals surface area (Å²) in [6.07, 6.45) is 4.05. The maximum Gasteiger partial charge on any atom is 0.271 e. The van der Waals surface area contributed by atoms with Crippen molar-refractivity contribution in [2.24, 2.45) is 5.10 Å². The zero-order valence-corrected chi connectivity index (χ0v) is 24.0. The van der Waals surface area contributed by atoms with Crippen LogP contribution in [0.1, 0.15) is 61.0 Å². The Hall–Kier alpha value is -3.94. The Morgan fingerprint density at radius 2 is 1.70 bits per heavy atom. The number of hydrogen-bond acceptors (Lipinski definition) is 6. The van der Waals surface area contributed by atoms with Crippen LogP contribution in [0.3, 0.4) is 0 Å². The molecule has 1 heterocycles. The Morgan fingerprint density at radius 1 is 1.00 bits per heavy atom. The van der Waals surface area contributed by atoms with Gasteiger partial charge in [-0.2, -0.15) is 5.10 Å². The lowest BCUT2D eigenvalue weighted by atomic mass is 9.76. The fraction of sp³-hybridized carbons (Fsp3) is 0.333. The minimum Gasteiger partial charge on any atom is -0.497 e. The summed E-state index contributed by atoms with van der Waals surface area (Å²) in [5, 5.41) is 4.23. The van der Waals surface area contributed by atoms with Crippen molar-refractivity contribution in [3.8, 4) is 5.75 Å². The van der Waals surface area contributed by atoms with E-state index in [4.69, 9.17) is 14.2 Å². The second kappa shape index (κ2) is 13.4. The molecule has 0 aliphatic carbocycles. The number of fused-ring (bicyclic) bond motifs is 1. The van der Waals surface area contributed by atoms with Crippen LogP contribution in [0, 0.1) is 0 Å². The van der Waals surface area contributed by atoms with Crippen LogP contribution >= 0.6 is 0 Å². The molecule has 0 saturated heterocycles. The number of allylic oxidation sites excluding steroid dienone is 2. The molecule has 3 aromatic carbocycles. The number of anilines is 1. The Morgan fingerprint density at radius 3 is 2.33 bits per heavy atom. The molecule has 210 valence electrons. The second-order valence-electron chi connectivity index (χ2n) is 9.76. The van der Waals surface area contributed by atoms with Gasteiger partial charge < -0.3 is 19.1 Å². The van der Waals surface area contributed by atoms with Crippen LogP contribution in [-0.2, 0) is 21.3 Å². The van der Waals surface area contributed by atoms with Crippen LogP contribution in [0.25, 0.3) is 0 Å². The van der Waals surface area contributed by atoms with Crippen molar-refractivity contribution < 1.29 is 19.0 Å². The predicted octanol–water partition coefficient (Wildman–Crippen LogP) is 6.41. The predicted molar refractivity (Wildman–Crippen MR) is 160 cm³/mol. The quantitative estimate of drug-likeness (QED) is 0.163. The molecule has 1 unspecified atom stereocenters. The molecule has 4 rings (SSSR count). The molecule has 1 aliphatic rings. The maximum atomic E-state index is 12.4. The van der Waals surface area contributed by atoms with Crippen molar-refractivity contribution in [1.82, 2.24) is 5.43 Å². The largest absolute Gasteiger partial charge is 0.497 e. The molecule has 1 aliphatic heterocycles. The number of ether oxygens (including phenoxy) is 3. The number of nitrogens with zero attached hydrogens (tertiary/aromatic N) is 2. The summed E-state index contributed by atoms with van der Waals surface area (Å²) in [4.78, 5) is 14.7. The molecular weight excluding hydrogens is 502 g/mol. The average molecular weight is 542 g/mol. The van der Waals surface area contributed by atoms with Crippen LogP contribution in [-0.4, -0.2) is 39.0 Å². The van der Waals surface area contributed by atoms with E-state index >= 15 is 0 Å². The highest BCUT2D eigenvalue weighted by molar-refractivity contribution is 5.94. The molecule has 0 aromatic heterocycles. The van der Waals surface area contributed by atoms with Gasteiger partial charge in [-0.05, 0) is 81.7 Å². The molecule has 7 nitrogen and oxygen atoms in total. The third-order valence-electron chi connectivity index (χ3n) is 7.22. The lowest BCUT2D eigenvalue weighted by Crippen LogP contribution is -2.31. The van der Waals surface area contributed by atoms with Gasteiger partial charge in [-0.15, -0.1) is 0 Å². The molecule has 1 N–H and O–H groups in total. The monoisotopic (exact) mass is 541 g/mol. The smallest absolute Gasteiger partial charge is 0.271 e. The first-order chi connectivity index (χ1) is 19.4. The van der Waals surface area contributed by atoms with Gasteiger partial charge in [0.25, 0.3) is 5.91 Å². The molecule has 7 heteroatoms. The van der Waals surface area contributed by atoms with E-state index in [0.29, 0.717) is 18.8 Å². The third kappa shape index (κ3) is 6.27. The number of nitrogens with one attached hydrogen (secondary N) is 1. The molecule has 0 fully saturated rings. The van der Waals surface area contributed by atoms with Crippen LogP contribution in [0.15, 0.2) is 89.7 Å². The fourth-order valence-electron chi connectivity index (χ4n) is 5.29. The molecule has 40 heavy (non-hydrogen) atoms. The molecule has 1 atom stereocenters. The zero-order valence-electron chi connectivity index (χ0n) is 24.0. The summed E-state index contributed by atoms with van der Waals surface area (Å²) in [5.41, 5.74) is 8.44. The van der Waals surface area contributed by atoms with Gasteiger partial charge in [-0.25, -0.2) is 5.43 Å². The van der Waals surface area contributed by atoms with Gasteiger partial charge >= 0.3 is 0 Å². The number of benzene rings is 3. The van der Waals surface area contributed by atoms with Gasteiger partial charge in [0.2, 0.25) is 0 Å². The second-order valence-corrected chi connectivity index (χ2v) is 9.76. The molecule has 1 amide bonds. The number of hydrazone groups is 1. The van der Waals surface area contributed by atoms with E-state index in [-0.39, 0.29) is 17.6 Å². The highest BCUT2D eigenvalue weighted by Crippen LogP contribution is 2.50. The summed E-state index contributed by atoms with van der Waals surface area (Å²) in [5.74, 6) is 0.569. The maximum absolute atomic E-state index is 12.4. The van der Waals surface area contributed by atoms with Crippen LogP contribution in [0.2, 0.25) is 0 Å². The van der Waals surface area contributed by atoms with E-state index in [1.807, 2.05) is 44.2 Å². The first kappa shape index (κ1) is 29.1. The number of methoxy groups -OCH3 is 1.